The van der Waals surface area contributed by atoms with Crippen LogP contribution in [0.25, 0.3) is 0 Å². The summed E-state index contributed by atoms with van der Waals surface area (Å²) >= 11 is 0. The van der Waals surface area contributed by atoms with Gasteiger partial charge in [-0.2, -0.15) is 18.2 Å². The molecule has 10 nitrogen and oxygen atoms in total. The van der Waals surface area contributed by atoms with Crippen molar-refractivity contribution < 1.29 is 27.1 Å². The molecule has 0 atom stereocenters. The molecule has 14 heteroatoms. The zero-order valence-corrected chi connectivity index (χ0v) is 19.8. The Balaban J connectivity index is 1.46. The fraction of sp³-hybridized carbons (Fsp3) is 0.304. The summed E-state index contributed by atoms with van der Waals surface area (Å²) in [5, 5.41) is 10.1. The van der Waals surface area contributed by atoms with E-state index in [1.807, 2.05) is 0 Å². The Hall–Kier alpha value is -4.20. The van der Waals surface area contributed by atoms with Crippen LogP contribution in [0.2, 0.25) is 0 Å². The van der Waals surface area contributed by atoms with Crippen LogP contribution in [0.5, 0.6) is 0 Å². The van der Waals surface area contributed by atoms with E-state index in [4.69, 9.17) is 4.74 Å². The number of azo groups is 1. The smallest absolute Gasteiger partial charge is 0.378 e. The molecule has 3 aromatic rings. The van der Waals surface area contributed by atoms with Crippen molar-refractivity contribution >= 4 is 34.7 Å². The second-order valence-corrected chi connectivity index (χ2v) is 8.16. The molecule has 1 saturated heterocycles. The molecule has 1 aliphatic rings. The normalized spacial score (nSPS) is 14.2. The molecular weight excluding hydrogens is 496 g/mol. The summed E-state index contributed by atoms with van der Waals surface area (Å²) in [5.41, 5.74) is 0.0411. The highest BCUT2D eigenvalue weighted by atomic mass is 19.4. The van der Waals surface area contributed by atoms with Gasteiger partial charge in [0.15, 0.2) is 11.6 Å². The van der Waals surface area contributed by atoms with Gasteiger partial charge in [-0.1, -0.05) is 0 Å². The number of amides is 1. The number of aromatic nitrogens is 3. The van der Waals surface area contributed by atoms with Gasteiger partial charge in [0.25, 0.3) is 5.95 Å². The molecule has 0 radical (unpaired) electrons. The number of hydrogen-bond donors (Lipinski definition) is 1. The van der Waals surface area contributed by atoms with E-state index < -0.39 is 23.5 Å². The van der Waals surface area contributed by atoms with Crippen LogP contribution in [0.15, 0.2) is 53.0 Å². The summed E-state index contributed by atoms with van der Waals surface area (Å²) in [5.74, 6) is -1.59. The molecule has 2 aromatic heterocycles. The van der Waals surface area contributed by atoms with Gasteiger partial charge in [-0.15, -0.1) is 10.2 Å². The van der Waals surface area contributed by atoms with Crippen molar-refractivity contribution in [3.8, 4) is 0 Å². The van der Waals surface area contributed by atoms with Crippen LogP contribution in [0.4, 0.5) is 46.4 Å². The topological polar surface area (TPSA) is 108 Å². The molecule has 194 valence electrons. The maximum atomic E-state index is 14.1. The van der Waals surface area contributed by atoms with Crippen LogP contribution >= 0.6 is 0 Å². The first-order valence-corrected chi connectivity index (χ1v) is 11.0. The zero-order valence-electron chi connectivity index (χ0n) is 19.8. The number of benzene rings is 1. The minimum atomic E-state index is -4.51. The van der Waals surface area contributed by atoms with Crippen LogP contribution in [-0.2, 0) is 10.9 Å². The molecule has 0 saturated carbocycles. The first kappa shape index (κ1) is 25.9. The van der Waals surface area contributed by atoms with Crippen LogP contribution in [0.3, 0.4) is 0 Å². The Morgan fingerprint density at radius 2 is 1.84 bits per heavy atom. The molecule has 0 spiro atoms. The quantitative estimate of drug-likeness (QED) is 0.373. The van der Waals surface area contributed by atoms with Crippen LogP contribution in [0, 0.1) is 5.82 Å². The van der Waals surface area contributed by atoms with Crippen molar-refractivity contribution in [1.29, 1.82) is 0 Å². The second kappa shape index (κ2) is 10.8. The van der Waals surface area contributed by atoms with Gasteiger partial charge in [0.1, 0.15) is 5.69 Å². The van der Waals surface area contributed by atoms with Crippen molar-refractivity contribution in [1.82, 2.24) is 15.0 Å². The average molecular weight is 518 g/mol. The van der Waals surface area contributed by atoms with E-state index in [1.54, 1.807) is 30.0 Å². The molecule has 37 heavy (non-hydrogen) atoms. The van der Waals surface area contributed by atoms with E-state index in [1.165, 1.54) is 18.3 Å². The number of hydrogen-bond acceptors (Lipinski definition) is 9. The number of carbonyl (C=O) groups is 1. The van der Waals surface area contributed by atoms with Gasteiger partial charge in [0.2, 0.25) is 0 Å². The summed E-state index contributed by atoms with van der Waals surface area (Å²) in [6.45, 7) is 1.76. The first-order chi connectivity index (χ1) is 17.6. The van der Waals surface area contributed by atoms with E-state index in [-0.39, 0.29) is 23.1 Å². The van der Waals surface area contributed by atoms with Crippen LogP contribution in [-0.4, -0.2) is 61.3 Å². The highest BCUT2D eigenvalue weighted by Crippen LogP contribution is 2.35. The van der Waals surface area contributed by atoms with Crippen molar-refractivity contribution in [2.24, 2.45) is 10.2 Å². The molecule has 3 heterocycles. The van der Waals surface area contributed by atoms with Crippen LogP contribution in [0.1, 0.15) is 16.1 Å². The number of ether oxygens (including phenoxy) is 1. The summed E-state index contributed by atoms with van der Waals surface area (Å²) < 4.78 is 59.2. The third kappa shape index (κ3) is 6.52. The molecular formula is C23H22F4N8O2. The SMILES string of the molecule is CN(C)c1cc(Nc2ccc(C(=O)N=Nc3ncc(F)c(N4CCOCC4)n3)nc2)cc(C(F)(F)F)c1. The number of halogens is 4. The standard InChI is InChI=1S/C23H22F4N8O2/c1-34(2)17-10-14(23(25,26)27)9-16(11-17)30-15-3-4-19(28-12-15)21(36)32-33-22-29-13-18(24)20(31-22)35-5-7-37-8-6-35/h3-4,9-13,30H,5-8H2,1-2H3. The number of pyridine rings is 1. The highest BCUT2D eigenvalue weighted by Gasteiger charge is 2.31. The van der Waals surface area contributed by atoms with Gasteiger partial charge in [-0.05, 0) is 30.3 Å². The van der Waals surface area contributed by atoms with Gasteiger partial charge in [-0.25, -0.2) is 14.4 Å². The van der Waals surface area contributed by atoms with Crippen molar-refractivity contribution in [2.75, 3.05) is 55.5 Å². The molecule has 0 aliphatic carbocycles. The third-order valence-corrected chi connectivity index (χ3v) is 5.29. The molecule has 1 aliphatic heterocycles. The first-order valence-electron chi connectivity index (χ1n) is 11.0. The van der Waals surface area contributed by atoms with Gasteiger partial charge < -0.3 is 19.9 Å². The van der Waals surface area contributed by atoms with E-state index in [2.05, 4.69) is 30.5 Å². The van der Waals surface area contributed by atoms with E-state index in [0.717, 1.165) is 18.3 Å². The largest absolute Gasteiger partial charge is 0.416 e. The van der Waals surface area contributed by atoms with E-state index in [9.17, 15) is 22.4 Å². The minimum Gasteiger partial charge on any atom is -0.378 e. The number of carbonyl (C=O) groups excluding carboxylic acids is 1. The third-order valence-electron chi connectivity index (χ3n) is 5.29. The number of nitrogens with zero attached hydrogens (tertiary/aromatic N) is 7. The number of nitrogens with one attached hydrogen (secondary N) is 1. The van der Waals surface area contributed by atoms with Crippen molar-refractivity contribution in [3.05, 3.63) is 59.8 Å². The molecule has 0 bridgehead atoms. The summed E-state index contributed by atoms with van der Waals surface area (Å²) in [4.78, 5) is 27.4. The predicted octanol–water partition coefficient (Wildman–Crippen LogP) is 4.60. The minimum absolute atomic E-state index is 0.0419. The van der Waals surface area contributed by atoms with E-state index in [0.29, 0.717) is 37.7 Å². The van der Waals surface area contributed by atoms with E-state index >= 15 is 0 Å². The number of alkyl halides is 3. The van der Waals surface area contributed by atoms with Crippen LogP contribution < -0.4 is 15.1 Å². The Morgan fingerprint density at radius 3 is 2.49 bits per heavy atom. The molecule has 1 fully saturated rings. The lowest BCUT2D eigenvalue weighted by Gasteiger charge is -2.27. The van der Waals surface area contributed by atoms with Gasteiger partial charge in [-0.3, -0.25) is 4.79 Å². The molecule has 1 amide bonds. The molecule has 1 aromatic carbocycles. The number of anilines is 4. The van der Waals surface area contributed by atoms with Crippen molar-refractivity contribution in [2.45, 2.75) is 6.18 Å². The lowest BCUT2D eigenvalue weighted by atomic mass is 10.1. The van der Waals surface area contributed by atoms with Gasteiger partial charge >= 0.3 is 12.1 Å². The molecule has 1 N–H and O–H groups in total. The lowest BCUT2D eigenvalue weighted by molar-refractivity contribution is -0.137. The summed E-state index contributed by atoms with van der Waals surface area (Å²) in [6, 6.07) is 6.39. The maximum Gasteiger partial charge on any atom is 0.416 e. The fourth-order valence-corrected chi connectivity index (χ4v) is 3.40. The fourth-order valence-electron chi connectivity index (χ4n) is 3.40. The van der Waals surface area contributed by atoms with Gasteiger partial charge in [0, 0.05) is 38.6 Å². The maximum absolute atomic E-state index is 14.1. The Kier molecular flexibility index (Phi) is 7.57. The Morgan fingerprint density at radius 1 is 1.08 bits per heavy atom. The average Bonchev–Trinajstić information content (AvgIpc) is 2.88. The predicted molar refractivity (Wildman–Crippen MR) is 127 cm³/mol. The highest BCUT2D eigenvalue weighted by molar-refractivity contribution is 5.93. The molecule has 4 rings (SSSR count). The second-order valence-electron chi connectivity index (χ2n) is 8.16. The Bertz CT molecular complexity index is 1290. The van der Waals surface area contributed by atoms with Crippen molar-refractivity contribution in [3.63, 3.8) is 0 Å². The summed E-state index contributed by atoms with van der Waals surface area (Å²) in [7, 11) is 3.27. The monoisotopic (exact) mass is 518 g/mol. The summed E-state index contributed by atoms with van der Waals surface area (Å²) in [6.07, 6.45) is -2.28. The number of rotatable bonds is 6. The van der Waals surface area contributed by atoms with Gasteiger partial charge in [0.05, 0.1) is 36.9 Å². The lowest BCUT2D eigenvalue weighted by Crippen LogP contribution is -2.37. The Labute approximate surface area is 209 Å². The zero-order chi connectivity index (χ0) is 26.6. The number of morpholine rings is 1. The molecule has 0 unspecified atom stereocenters.